The van der Waals surface area contributed by atoms with E-state index in [1.807, 2.05) is 0 Å². The summed E-state index contributed by atoms with van der Waals surface area (Å²) in [5, 5.41) is 6.74. The van der Waals surface area contributed by atoms with Gasteiger partial charge in [-0.25, -0.2) is 0 Å². The number of hydrogen-bond donors (Lipinski definition) is 2. The Labute approximate surface area is 171 Å². The van der Waals surface area contributed by atoms with E-state index in [4.69, 9.17) is 14.5 Å². The summed E-state index contributed by atoms with van der Waals surface area (Å²) in [5.41, 5.74) is 0.0929. The van der Waals surface area contributed by atoms with E-state index in [0.29, 0.717) is 12.1 Å². The normalized spacial score (nSPS) is 22.0. The van der Waals surface area contributed by atoms with Crippen molar-refractivity contribution in [2.75, 3.05) is 46.5 Å². The van der Waals surface area contributed by atoms with Crippen molar-refractivity contribution in [3.63, 3.8) is 0 Å². The van der Waals surface area contributed by atoms with Gasteiger partial charge in [-0.1, -0.05) is 20.8 Å². The molecule has 1 aliphatic heterocycles. The highest BCUT2D eigenvalue weighted by atomic mass is 127. The van der Waals surface area contributed by atoms with Gasteiger partial charge in [-0.15, -0.1) is 24.0 Å². The third kappa shape index (κ3) is 8.88. The minimum atomic E-state index is 0. The first-order valence-corrected chi connectivity index (χ1v) is 9.18. The number of hydrogen-bond acceptors (Lipinski definition) is 4. The van der Waals surface area contributed by atoms with Crippen LogP contribution in [0.4, 0.5) is 0 Å². The van der Waals surface area contributed by atoms with Crippen LogP contribution in [-0.2, 0) is 9.47 Å². The second-order valence-electron chi connectivity index (χ2n) is 7.70. The summed E-state index contributed by atoms with van der Waals surface area (Å²) in [7, 11) is 1.77. The second-order valence-corrected chi connectivity index (χ2v) is 7.70. The molecule has 0 amide bonds. The van der Waals surface area contributed by atoms with Crippen molar-refractivity contribution in [3.05, 3.63) is 0 Å². The Morgan fingerprint density at radius 1 is 1.36 bits per heavy atom. The maximum Gasteiger partial charge on any atom is 0.191 e. The molecule has 6 nitrogen and oxygen atoms in total. The highest BCUT2D eigenvalue weighted by Crippen LogP contribution is 2.20. The molecule has 0 aromatic rings. The minimum Gasteiger partial charge on any atom is -0.379 e. The van der Waals surface area contributed by atoms with Crippen LogP contribution >= 0.6 is 24.0 Å². The minimum absolute atomic E-state index is 0. The van der Waals surface area contributed by atoms with Gasteiger partial charge in [0.25, 0.3) is 0 Å². The number of nitrogens with zero attached hydrogens (tertiary/aromatic N) is 2. The van der Waals surface area contributed by atoms with Crippen LogP contribution in [0.2, 0.25) is 0 Å². The second kappa shape index (κ2) is 12.3. The summed E-state index contributed by atoms with van der Waals surface area (Å²) in [4.78, 5) is 7.24. The molecular formula is C18H39IN4O2. The van der Waals surface area contributed by atoms with Crippen molar-refractivity contribution in [2.45, 2.75) is 59.7 Å². The highest BCUT2D eigenvalue weighted by Gasteiger charge is 2.25. The smallest absolute Gasteiger partial charge is 0.191 e. The molecule has 1 fully saturated rings. The third-order valence-electron chi connectivity index (χ3n) is 4.55. The van der Waals surface area contributed by atoms with Gasteiger partial charge in [0.2, 0.25) is 0 Å². The molecule has 1 saturated heterocycles. The van der Waals surface area contributed by atoms with Gasteiger partial charge in [0.15, 0.2) is 5.96 Å². The zero-order chi connectivity index (χ0) is 18.2. The van der Waals surface area contributed by atoms with Crippen molar-refractivity contribution in [2.24, 2.45) is 10.4 Å². The van der Waals surface area contributed by atoms with E-state index in [1.54, 1.807) is 7.11 Å². The standard InChI is InChI=1S/C18H38N4O2.HI/c1-8-19-17(21-12-16(23-7)18(4,5)6)20-11-14(2)22-9-10-24-13-15(22)3;/h14-16H,8-13H2,1-7H3,(H2,19,20,21);1H. The van der Waals surface area contributed by atoms with Crippen molar-refractivity contribution < 1.29 is 9.47 Å². The van der Waals surface area contributed by atoms with Gasteiger partial charge in [0.05, 0.1) is 25.9 Å². The van der Waals surface area contributed by atoms with Crippen molar-refractivity contribution in [3.8, 4) is 0 Å². The monoisotopic (exact) mass is 470 g/mol. The van der Waals surface area contributed by atoms with E-state index in [2.05, 4.69) is 57.1 Å². The summed E-state index contributed by atoms with van der Waals surface area (Å²) >= 11 is 0. The van der Waals surface area contributed by atoms with E-state index in [9.17, 15) is 0 Å². The number of rotatable bonds is 7. The van der Waals surface area contributed by atoms with Crippen LogP contribution in [0.3, 0.4) is 0 Å². The summed E-state index contributed by atoms with van der Waals surface area (Å²) in [6.45, 7) is 18.1. The molecule has 3 unspecified atom stereocenters. The predicted molar refractivity (Wildman–Crippen MR) is 116 cm³/mol. The largest absolute Gasteiger partial charge is 0.379 e. The lowest BCUT2D eigenvalue weighted by Crippen LogP contribution is -2.50. The van der Waals surface area contributed by atoms with E-state index in [-0.39, 0.29) is 35.5 Å². The Hall–Kier alpha value is -0.120. The molecule has 0 spiro atoms. The Morgan fingerprint density at radius 3 is 2.56 bits per heavy atom. The van der Waals surface area contributed by atoms with E-state index >= 15 is 0 Å². The zero-order valence-corrected chi connectivity index (χ0v) is 19.4. The third-order valence-corrected chi connectivity index (χ3v) is 4.55. The molecule has 0 saturated carbocycles. The molecule has 0 bridgehead atoms. The van der Waals surface area contributed by atoms with Crippen molar-refractivity contribution in [1.82, 2.24) is 15.5 Å². The van der Waals surface area contributed by atoms with Crippen LogP contribution in [0, 0.1) is 5.41 Å². The van der Waals surface area contributed by atoms with Crippen LogP contribution in [0.5, 0.6) is 0 Å². The first kappa shape index (κ1) is 24.9. The summed E-state index contributed by atoms with van der Waals surface area (Å²) in [6, 6.07) is 0.860. The van der Waals surface area contributed by atoms with E-state index in [0.717, 1.165) is 45.4 Å². The fourth-order valence-electron chi connectivity index (χ4n) is 3.00. The summed E-state index contributed by atoms with van der Waals surface area (Å²) < 4.78 is 11.1. The molecular weight excluding hydrogens is 431 g/mol. The lowest BCUT2D eigenvalue weighted by atomic mass is 9.89. The Balaban J connectivity index is 0.00000576. The van der Waals surface area contributed by atoms with Crippen LogP contribution < -0.4 is 10.6 Å². The van der Waals surface area contributed by atoms with Gasteiger partial charge in [0, 0.05) is 38.8 Å². The fraction of sp³-hybridized carbons (Fsp3) is 0.944. The average Bonchev–Trinajstić information content (AvgIpc) is 2.51. The Kier molecular flexibility index (Phi) is 12.2. The summed E-state index contributed by atoms with van der Waals surface area (Å²) in [5.74, 6) is 0.858. The topological polar surface area (TPSA) is 58.1 Å². The molecule has 1 aliphatic rings. The quantitative estimate of drug-likeness (QED) is 0.340. The molecule has 1 heterocycles. The molecule has 0 radical (unpaired) electrons. The number of ether oxygens (including phenoxy) is 2. The van der Waals surface area contributed by atoms with Crippen LogP contribution in [0.1, 0.15) is 41.5 Å². The van der Waals surface area contributed by atoms with Crippen LogP contribution in [0.25, 0.3) is 0 Å². The van der Waals surface area contributed by atoms with Gasteiger partial charge >= 0.3 is 0 Å². The van der Waals surface area contributed by atoms with Gasteiger partial charge in [-0.05, 0) is 26.2 Å². The van der Waals surface area contributed by atoms with Crippen LogP contribution in [0.15, 0.2) is 4.99 Å². The maximum atomic E-state index is 5.61. The average molecular weight is 470 g/mol. The number of nitrogens with one attached hydrogen (secondary N) is 2. The molecule has 0 aromatic heterocycles. The molecule has 7 heteroatoms. The first-order valence-electron chi connectivity index (χ1n) is 9.18. The fourth-order valence-corrected chi connectivity index (χ4v) is 3.00. The molecule has 150 valence electrons. The molecule has 0 aliphatic carbocycles. The zero-order valence-electron chi connectivity index (χ0n) is 17.1. The lowest BCUT2D eigenvalue weighted by molar-refractivity contribution is -0.0166. The molecule has 3 atom stereocenters. The molecule has 1 rings (SSSR count). The van der Waals surface area contributed by atoms with Gasteiger partial charge in [-0.3, -0.25) is 9.89 Å². The van der Waals surface area contributed by atoms with Crippen molar-refractivity contribution in [1.29, 1.82) is 0 Å². The number of guanidine groups is 1. The van der Waals surface area contributed by atoms with Gasteiger partial charge in [0.1, 0.15) is 0 Å². The molecule has 25 heavy (non-hydrogen) atoms. The van der Waals surface area contributed by atoms with E-state index < -0.39 is 0 Å². The van der Waals surface area contributed by atoms with E-state index in [1.165, 1.54) is 0 Å². The molecule has 0 aromatic carbocycles. The highest BCUT2D eigenvalue weighted by molar-refractivity contribution is 14.0. The lowest BCUT2D eigenvalue weighted by Gasteiger charge is -2.37. The Morgan fingerprint density at radius 2 is 2.04 bits per heavy atom. The van der Waals surface area contributed by atoms with Crippen LogP contribution in [-0.4, -0.2) is 75.5 Å². The molecule has 2 N–H and O–H groups in total. The number of halogens is 1. The van der Waals surface area contributed by atoms with Gasteiger partial charge < -0.3 is 20.1 Å². The van der Waals surface area contributed by atoms with Gasteiger partial charge in [-0.2, -0.15) is 0 Å². The maximum absolute atomic E-state index is 5.61. The number of aliphatic imine (C=N–C) groups is 1. The predicted octanol–water partition coefficient (Wildman–Crippen LogP) is 2.33. The number of methoxy groups -OCH3 is 1. The Bertz CT molecular complexity index is 388. The SMILES string of the molecule is CCNC(=NCC(C)N1CCOCC1C)NCC(OC)C(C)(C)C.I. The first-order chi connectivity index (χ1) is 11.3. The number of morpholine rings is 1. The van der Waals surface area contributed by atoms with Crippen molar-refractivity contribution >= 4 is 29.9 Å². The summed E-state index contributed by atoms with van der Waals surface area (Å²) in [6.07, 6.45) is 0.137.